The molecule has 8 aromatic carbocycles. The van der Waals surface area contributed by atoms with Gasteiger partial charge in [0.2, 0.25) is 0 Å². The SMILES string of the molecule is Fc1c(F)c(F)c([B-]2(c3c(F)c(F)c(F)c(F)c3F)Oc3c(c4c([P+](c5ccccc5)(c5ccccc5)c5ccccc5)cccc4c4ccccc34)O2)c(F)c1F. The highest BCUT2D eigenvalue weighted by molar-refractivity contribution is 8.01. The lowest BCUT2D eigenvalue weighted by atomic mass is 9.45. The van der Waals surface area contributed by atoms with Gasteiger partial charge in [0.05, 0.1) is 5.39 Å². The molecule has 0 saturated carbocycles. The predicted molar refractivity (Wildman–Crippen MR) is 205 cm³/mol. The van der Waals surface area contributed by atoms with Crippen LogP contribution in [0, 0.1) is 58.2 Å². The highest BCUT2D eigenvalue weighted by Gasteiger charge is 2.55. The molecule has 2 nitrogen and oxygen atoms in total. The molecule has 0 N–H and O–H groups in total. The molecule has 288 valence electrons. The molecule has 0 atom stereocenters. The van der Waals surface area contributed by atoms with Gasteiger partial charge < -0.3 is 9.31 Å². The van der Waals surface area contributed by atoms with Gasteiger partial charge in [-0.05, 0) is 64.2 Å². The van der Waals surface area contributed by atoms with Crippen LogP contribution < -0.4 is 41.5 Å². The van der Waals surface area contributed by atoms with E-state index >= 15 is 35.1 Å². The zero-order valence-electron chi connectivity index (χ0n) is 29.3. The van der Waals surface area contributed by atoms with Crippen molar-refractivity contribution < 1.29 is 53.2 Å². The summed E-state index contributed by atoms with van der Waals surface area (Å²) in [5.74, 6) is -27.4. The molecule has 14 heteroatoms. The average Bonchev–Trinajstić information content (AvgIpc) is 3.66. The lowest BCUT2D eigenvalue weighted by Gasteiger charge is -2.38. The Balaban J connectivity index is 1.51. The second-order valence-corrected chi connectivity index (χ2v) is 16.9. The van der Waals surface area contributed by atoms with Crippen molar-refractivity contribution in [3.05, 3.63) is 192 Å². The standard InChI is InChI=1S/C44H22BF10O2P/c46-33-31(34(47)38(51)41(54)37(33)50)45(32-35(48)39(52)42(55)40(53)36(32)49)56-43-28-20-11-10-19-26(28)27-21-12-22-29(30(27)44(43)57-45)58(23-13-4-1-5-14-23,24-15-6-2-7-16-24)25-17-8-3-9-18-25/h1-22H. The summed E-state index contributed by atoms with van der Waals surface area (Å²) < 4.78 is 167. The van der Waals surface area contributed by atoms with Crippen LogP contribution in [0.25, 0.3) is 21.5 Å². The number of rotatable bonds is 6. The first-order valence-corrected chi connectivity index (χ1v) is 19.3. The summed E-state index contributed by atoms with van der Waals surface area (Å²) in [5.41, 5.74) is -4.19. The Bertz CT molecular complexity index is 2750. The lowest BCUT2D eigenvalue weighted by molar-refractivity contribution is 0.372. The van der Waals surface area contributed by atoms with Crippen LogP contribution in [0.5, 0.6) is 11.5 Å². The molecule has 58 heavy (non-hydrogen) atoms. The van der Waals surface area contributed by atoms with Crippen LogP contribution in [0.3, 0.4) is 0 Å². The topological polar surface area (TPSA) is 18.5 Å². The average molecular weight is 814 g/mol. The van der Waals surface area contributed by atoms with Crippen molar-refractivity contribution >= 4 is 67.5 Å². The van der Waals surface area contributed by atoms with Crippen LogP contribution in [-0.2, 0) is 0 Å². The Morgan fingerprint density at radius 2 is 0.672 bits per heavy atom. The van der Waals surface area contributed by atoms with Crippen molar-refractivity contribution in [3.63, 3.8) is 0 Å². The third-order valence-corrected chi connectivity index (χ3v) is 14.9. The van der Waals surface area contributed by atoms with Crippen molar-refractivity contribution in [2.24, 2.45) is 0 Å². The van der Waals surface area contributed by atoms with Crippen LogP contribution in [0.1, 0.15) is 0 Å². The maximum Gasteiger partial charge on any atom is 0.418 e. The summed E-state index contributed by atoms with van der Waals surface area (Å²) in [5, 5.41) is 3.71. The number of hydrogen-bond donors (Lipinski definition) is 0. The fraction of sp³-hybridized carbons (Fsp3) is 0. The van der Waals surface area contributed by atoms with Crippen molar-refractivity contribution in [1.82, 2.24) is 0 Å². The van der Waals surface area contributed by atoms with E-state index in [4.69, 9.17) is 9.31 Å². The van der Waals surface area contributed by atoms with Gasteiger partial charge in [-0.1, -0.05) is 91.0 Å². The van der Waals surface area contributed by atoms with E-state index in [0.29, 0.717) is 16.1 Å². The van der Waals surface area contributed by atoms with Crippen molar-refractivity contribution in [1.29, 1.82) is 0 Å². The van der Waals surface area contributed by atoms with E-state index in [-0.39, 0.29) is 10.8 Å². The van der Waals surface area contributed by atoms with Crippen LogP contribution in [0.15, 0.2) is 133 Å². The lowest BCUT2D eigenvalue weighted by Crippen LogP contribution is -2.70. The summed E-state index contributed by atoms with van der Waals surface area (Å²) in [6.45, 7) is -5.10. The highest BCUT2D eigenvalue weighted by Crippen LogP contribution is 2.59. The minimum absolute atomic E-state index is 0.0571. The van der Waals surface area contributed by atoms with Gasteiger partial charge in [0, 0.05) is 5.39 Å². The molecule has 1 aliphatic heterocycles. The first-order valence-electron chi connectivity index (χ1n) is 17.5. The van der Waals surface area contributed by atoms with Crippen molar-refractivity contribution in [3.8, 4) is 11.5 Å². The molecule has 8 aromatic rings. The van der Waals surface area contributed by atoms with Gasteiger partial charge in [-0.15, -0.1) is 0 Å². The maximum atomic E-state index is 16.1. The summed E-state index contributed by atoms with van der Waals surface area (Å²) >= 11 is 0. The summed E-state index contributed by atoms with van der Waals surface area (Å²) in [6, 6.07) is 39.0. The molecule has 0 saturated heterocycles. The van der Waals surface area contributed by atoms with E-state index in [0.717, 1.165) is 15.9 Å². The minimum Gasteiger partial charge on any atom is -0.673 e. The molecule has 0 aliphatic carbocycles. The number of fused-ring (bicyclic) bond motifs is 6. The molecule has 0 unspecified atom stereocenters. The Morgan fingerprint density at radius 1 is 0.328 bits per heavy atom. The van der Waals surface area contributed by atoms with Crippen molar-refractivity contribution in [2.75, 3.05) is 0 Å². The zero-order valence-corrected chi connectivity index (χ0v) is 30.2. The number of hydrogen-bond acceptors (Lipinski definition) is 2. The molecule has 1 aliphatic rings. The molecular formula is C44H22BF10O2P. The number of halogens is 10. The Morgan fingerprint density at radius 3 is 1.10 bits per heavy atom. The van der Waals surface area contributed by atoms with Crippen LogP contribution in [0.4, 0.5) is 43.9 Å². The van der Waals surface area contributed by atoms with Crippen LogP contribution in [0.2, 0.25) is 0 Å². The number of benzene rings is 8. The minimum atomic E-state index is -5.10. The molecule has 0 amide bonds. The molecule has 0 bridgehead atoms. The Kier molecular flexibility index (Phi) is 8.78. The molecular weight excluding hydrogens is 792 g/mol. The van der Waals surface area contributed by atoms with Gasteiger partial charge in [-0.3, -0.25) is 0 Å². The van der Waals surface area contributed by atoms with E-state index in [9.17, 15) is 8.78 Å². The van der Waals surface area contributed by atoms with E-state index in [1.807, 2.05) is 91.0 Å². The molecule has 0 spiro atoms. The van der Waals surface area contributed by atoms with Gasteiger partial charge in [-0.25, -0.2) is 43.9 Å². The van der Waals surface area contributed by atoms with Crippen molar-refractivity contribution in [2.45, 2.75) is 0 Å². The van der Waals surface area contributed by atoms with Gasteiger partial charge in [0.15, 0.2) is 34.9 Å². The molecule has 0 fully saturated rings. The molecule has 0 radical (unpaired) electrons. The van der Waals surface area contributed by atoms with E-state index in [1.54, 1.807) is 30.3 Å². The summed E-state index contributed by atoms with van der Waals surface area (Å²) in [6.07, 6.45) is 0. The van der Waals surface area contributed by atoms with Crippen LogP contribution in [-0.4, -0.2) is 6.55 Å². The first-order chi connectivity index (χ1) is 27.9. The second-order valence-electron chi connectivity index (χ2n) is 13.5. The Labute approximate surface area is 323 Å². The first kappa shape index (κ1) is 37.3. The van der Waals surface area contributed by atoms with Gasteiger partial charge >= 0.3 is 6.55 Å². The smallest absolute Gasteiger partial charge is 0.418 e. The monoisotopic (exact) mass is 814 g/mol. The molecule has 0 aromatic heterocycles. The molecule has 1 heterocycles. The fourth-order valence-corrected chi connectivity index (χ4v) is 12.6. The normalized spacial score (nSPS) is 13.4. The quantitative estimate of drug-likeness (QED) is 0.0417. The van der Waals surface area contributed by atoms with Gasteiger partial charge in [0.1, 0.15) is 63.2 Å². The summed E-state index contributed by atoms with van der Waals surface area (Å²) in [4.78, 5) is 0. The van der Waals surface area contributed by atoms with E-state index in [1.165, 1.54) is 12.1 Å². The van der Waals surface area contributed by atoms with E-state index in [2.05, 4.69) is 0 Å². The largest absolute Gasteiger partial charge is 0.673 e. The second kappa shape index (κ2) is 13.7. The Hall–Kier alpha value is -6.33. The van der Waals surface area contributed by atoms with Gasteiger partial charge in [-0.2, -0.15) is 0 Å². The highest BCUT2D eigenvalue weighted by atomic mass is 31.2. The predicted octanol–water partition coefficient (Wildman–Crippen LogP) is 9.03. The fourth-order valence-electron chi connectivity index (χ4n) is 8.13. The third kappa shape index (κ3) is 5.05. The van der Waals surface area contributed by atoms with E-state index < -0.39 is 94.4 Å². The maximum absolute atomic E-state index is 16.1. The van der Waals surface area contributed by atoms with Crippen LogP contribution >= 0.6 is 7.26 Å². The summed E-state index contributed by atoms with van der Waals surface area (Å²) in [7, 11) is -3.19. The zero-order chi connectivity index (χ0) is 40.7. The third-order valence-electron chi connectivity index (χ3n) is 10.5. The molecule has 9 rings (SSSR count). The van der Waals surface area contributed by atoms with Gasteiger partial charge in [0.25, 0.3) is 0 Å².